The van der Waals surface area contributed by atoms with Crippen molar-refractivity contribution < 1.29 is 14.3 Å². The Morgan fingerprint density at radius 2 is 2.17 bits per heavy atom. The van der Waals surface area contributed by atoms with Crippen molar-refractivity contribution in [2.45, 2.75) is 18.8 Å². The molecule has 1 fully saturated rings. The van der Waals surface area contributed by atoms with E-state index in [1.165, 1.54) is 0 Å². The van der Waals surface area contributed by atoms with Crippen molar-refractivity contribution >= 4 is 17.2 Å². The number of thiophene rings is 1. The monoisotopic (exact) mass is 331 g/mol. The number of hydrogen-bond donors (Lipinski definition) is 0. The van der Waals surface area contributed by atoms with Gasteiger partial charge in [-0.15, -0.1) is 11.3 Å². The summed E-state index contributed by atoms with van der Waals surface area (Å²) in [5.74, 6) is 2.19. The lowest BCUT2D eigenvalue weighted by molar-refractivity contribution is -0.129. The summed E-state index contributed by atoms with van der Waals surface area (Å²) in [6.45, 7) is 1.54. The van der Waals surface area contributed by atoms with Crippen LogP contribution < -0.4 is 9.47 Å². The van der Waals surface area contributed by atoms with E-state index in [1.54, 1.807) is 25.6 Å². The van der Waals surface area contributed by atoms with Gasteiger partial charge in [-0.05, 0) is 36.1 Å². The van der Waals surface area contributed by atoms with Crippen LogP contribution in [0.3, 0.4) is 0 Å². The second-order valence-corrected chi connectivity index (χ2v) is 6.72. The van der Waals surface area contributed by atoms with Crippen LogP contribution >= 0.6 is 11.3 Å². The second-order valence-electron chi connectivity index (χ2n) is 5.69. The van der Waals surface area contributed by atoms with E-state index in [2.05, 4.69) is 0 Å². The first-order valence-electron chi connectivity index (χ1n) is 7.73. The van der Waals surface area contributed by atoms with Crippen LogP contribution in [0.2, 0.25) is 0 Å². The van der Waals surface area contributed by atoms with Gasteiger partial charge in [-0.2, -0.15) is 0 Å². The van der Waals surface area contributed by atoms with Crippen LogP contribution in [-0.2, 0) is 11.2 Å². The van der Waals surface area contributed by atoms with Gasteiger partial charge >= 0.3 is 0 Å². The maximum absolute atomic E-state index is 12.4. The Kier molecular flexibility index (Phi) is 4.86. The summed E-state index contributed by atoms with van der Waals surface area (Å²) in [4.78, 5) is 15.5. The molecular weight excluding hydrogens is 310 g/mol. The number of rotatable bonds is 5. The smallest absolute Gasteiger partial charge is 0.227 e. The number of benzene rings is 1. The SMILES string of the molecule is COc1ccc(OC)c([C@@H]2CCN(C(=O)Cc3cccs3)C2)c1. The number of hydrogen-bond acceptors (Lipinski definition) is 4. The van der Waals surface area contributed by atoms with Gasteiger partial charge in [-0.25, -0.2) is 0 Å². The molecule has 0 N–H and O–H groups in total. The molecule has 1 amide bonds. The van der Waals surface area contributed by atoms with Crippen LogP contribution in [0, 0.1) is 0 Å². The van der Waals surface area contributed by atoms with E-state index in [0.29, 0.717) is 12.3 Å². The van der Waals surface area contributed by atoms with Gasteiger partial charge in [0, 0.05) is 29.4 Å². The molecule has 0 aliphatic carbocycles. The number of nitrogens with zero attached hydrogens (tertiary/aromatic N) is 1. The van der Waals surface area contributed by atoms with E-state index in [1.807, 2.05) is 40.6 Å². The highest BCUT2D eigenvalue weighted by molar-refractivity contribution is 7.10. The quantitative estimate of drug-likeness (QED) is 0.843. The van der Waals surface area contributed by atoms with Crippen molar-refractivity contribution in [2.24, 2.45) is 0 Å². The average molecular weight is 331 g/mol. The third kappa shape index (κ3) is 3.50. The molecule has 1 saturated heterocycles. The third-order valence-corrected chi connectivity index (χ3v) is 5.20. The lowest BCUT2D eigenvalue weighted by Crippen LogP contribution is -2.29. The zero-order valence-corrected chi connectivity index (χ0v) is 14.3. The molecule has 1 atom stereocenters. The minimum atomic E-state index is 0.205. The van der Waals surface area contributed by atoms with Gasteiger partial charge < -0.3 is 14.4 Å². The maximum atomic E-state index is 12.4. The summed E-state index contributed by atoms with van der Waals surface area (Å²) in [7, 11) is 3.34. The van der Waals surface area contributed by atoms with Crippen molar-refractivity contribution in [1.82, 2.24) is 4.90 Å². The molecule has 0 saturated carbocycles. The number of amides is 1. The molecule has 2 heterocycles. The summed E-state index contributed by atoms with van der Waals surface area (Å²) in [5.41, 5.74) is 1.12. The first-order valence-corrected chi connectivity index (χ1v) is 8.61. The Morgan fingerprint density at radius 3 is 2.87 bits per heavy atom. The molecule has 5 heteroatoms. The van der Waals surface area contributed by atoms with Gasteiger partial charge in [-0.1, -0.05) is 6.07 Å². The Hall–Kier alpha value is -2.01. The Bertz CT molecular complexity index is 669. The zero-order chi connectivity index (χ0) is 16.2. The number of carbonyl (C=O) groups excluding carboxylic acids is 1. The van der Waals surface area contributed by atoms with Crippen LogP contribution in [0.4, 0.5) is 0 Å². The van der Waals surface area contributed by atoms with Crippen LogP contribution in [0.15, 0.2) is 35.7 Å². The number of carbonyl (C=O) groups is 1. The van der Waals surface area contributed by atoms with Crippen LogP contribution in [-0.4, -0.2) is 38.1 Å². The number of ether oxygens (including phenoxy) is 2. The van der Waals surface area contributed by atoms with Crippen molar-refractivity contribution in [3.05, 3.63) is 46.2 Å². The van der Waals surface area contributed by atoms with Crippen molar-refractivity contribution in [2.75, 3.05) is 27.3 Å². The summed E-state index contributed by atoms with van der Waals surface area (Å²) < 4.78 is 10.8. The van der Waals surface area contributed by atoms with Crippen LogP contribution in [0.5, 0.6) is 11.5 Å². The van der Waals surface area contributed by atoms with E-state index < -0.39 is 0 Å². The Labute approximate surface area is 140 Å². The molecule has 122 valence electrons. The molecule has 0 radical (unpaired) electrons. The molecular formula is C18H21NO3S. The van der Waals surface area contributed by atoms with E-state index in [4.69, 9.17) is 9.47 Å². The largest absolute Gasteiger partial charge is 0.497 e. The Morgan fingerprint density at radius 1 is 1.30 bits per heavy atom. The van der Waals surface area contributed by atoms with Crippen molar-refractivity contribution in [1.29, 1.82) is 0 Å². The second kappa shape index (κ2) is 7.04. The van der Waals surface area contributed by atoms with E-state index in [-0.39, 0.29) is 5.91 Å². The van der Waals surface area contributed by atoms with E-state index in [9.17, 15) is 4.79 Å². The molecule has 3 rings (SSSR count). The van der Waals surface area contributed by atoms with Gasteiger partial charge in [0.15, 0.2) is 0 Å². The predicted octanol–water partition coefficient (Wildman–Crippen LogP) is 3.32. The highest BCUT2D eigenvalue weighted by Gasteiger charge is 2.29. The lowest BCUT2D eigenvalue weighted by atomic mass is 9.97. The van der Waals surface area contributed by atoms with Gasteiger partial charge in [0.25, 0.3) is 0 Å². The highest BCUT2D eigenvalue weighted by Crippen LogP contribution is 2.36. The van der Waals surface area contributed by atoms with Gasteiger partial charge in [-0.3, -0.25) is 4.79 Å². The normalized spacial score (nSPS) is 17.3. The topological polar surface area (TPSA) is 38.8 Å². The van der Waals surface area contributed by atoms with Crippen molar-refractivity contribution in [3.63, 3.8) is 0 Å². The molecule has 4 nitrogen and oxygen atoms in total. The van der Waals surface area contributed by atoms with Crippen molar-refractivity contribution in [3.8, 4) is 11.5 Å². The van der Waals surface area contributed by atoms with Gasteiger partial charge in [0.1, 0.15) is 11.5 Å². The summed E-state index contributed by atoms with van der Waals surface area (Å²) in [6, 6.07) is 9.86. The van der Waals surface area contributed by atoms with Crippen LogP contribution in [0.1, 0.15) is 22.8 Å². The highest BCUT2D eigenvalue weighted by atomic mass is 32.1. The van der Waals surface area contributed by atoms with E-state index >= 15 is 0 Å². The third-order valence-electron chi connectivity index (χ3n) is 4.32. The molecule has 0 unspecified atom stereocenters. The average Bonchev–Trinajstić information content (AvgIpc) is 3.25. The number of likely N-dealkylation sites (tertiary alicyclic amines) is 1. The molecule has 1 aliphatic heterocycles. The van der Waals surface area contributed by atoms with Crippen LogP contribution in [0.25, 0.3) is 0 Å². The lowest BCUT2D eigenvalue weighted by Gasteiger charge is -2.18. The van der Waals surface area contributed by atoms with E-state index in [0.717, 1.165) is 41.4 Å². The minimum absolute atomic E-state index is 0.205. The minimum Gasteiger partial charge on any atom is -0.497 e. The van der Waals surface area contributed by atoms with Gasteiger partial charge in [0.2, 0.25) is 5.91 Å². The molecule has 1 aliphatic rings. The summed E-state index contributed by atoms with van der Waals surface area (Å²) in [5, 5.41) is 2.01. The number of methoxy groups -OCH3 is 2. The predicted molar refractivity (Wildman–Crippen MR) is 91.5 cm³/mol. The fourth-order valence-corrected chi connectivity index (χ4v) is 3.77. The fourth-order valence-electron chi connectivity index (χ4n) is 3.07. The standard InChI is InChI=1S/C18H21NO3S/c1-21-14-5-6-17(22-2)16(10-14)13-7-8-19(12-13)18(20)11-15-4-3-9-23-15/h3-6,9-10,13H,7-8,11-12H2,1-2H3/t13-/m1/s1. The molecule has 1 aromatic heterocycles. The maximum Gasteiger partial charge on any atom is 0.227 e. The first-order chi connectivity index (χ1) is 11.2. The first kappa shape index (κ1) is 15.9. The molecule has 23 heavy (non-hydrogen) atoms. The molecule has 0 bridgehead atoms. The summed E-state index contributed by atoms with van der Waals surface area (Å²) >= 11 is 1.63. The molecule has 0 spiro atoms. The fraction of sp³-hybridized carbons (Fsp3) is 0.389. The molecule has 2 aromatic rings. The summed E-state index contributed by atoms with van der Waals surface area (Å²) in [6.07, 6.45) is 1.46. The zero-order valence-electron chi connectivity index (χ0n) is 13.5. The Balaban J connectivity index is 1.71. The molecule has 1 aromatic carbocycles. The van der Waals surface area contributed by atoms with Gasteiger partial charge in [0.05, 0.1) is 20.6 Å².